The average molecular weight is 318 g/mol. The van der Waals surface area contributed by atoms with Gasteiger partial charge in [-0.3, -0.25) is 14.4 Å². The van der Waals surface area contributed by atoms with Crippen molar-refractivity contribution in [3.05, 3.63) is 23.9 Å². The summed E-state index contributed by atoms with van der Waals surface area (Å²) in [4.78, 5) is 41.1. The summed E-state index contributed by atoms with van der Waals surface area (Å²) in [7, 11) is 1.71. The zero-order chi connectivity index (χ0) is 17.2. The monoisotopic (exact) mass is 318 g/mol. The van der Waals surface area contributed by atoms with Crippen LogP contribution in [0.5, 0.6) is 0 Å². The summed E-state index contributed by atoms with van der Waals surface area (Å²) < 4.78 is 0. The fourth-order valence-corrected chi connectivity index (χ4v) is 2.13. The van der Waals surface area contributed by atoms with Crippen LogP contribution in [0.3, 0.4) is 0 Å². The number of pyridine rings is 1. The first-order chi connectivity index (χ1) is 10.7. The Morgan fingerprint density at radius 2 is 2.00 bits per heavy atom. The van der Waals surface area contributed by atoms with E-state index >= 15 is 0 Å². The standard InChI is InChI=1S/C16H22N4O3/c1-16(2,3)15(23)19-12-6-5-10(8-17-12)14(22)18-11-7-13(21)20(4)9-11/h5-6,8,11H,7,9H2,1-4H3,(H,18,22)(H,17,19,23)/t11-/m0/s1. The Kier molecular flexibility index (Phi) is 4.68. The summed E-state index contributed by atoms with van der Waals surface area (Å²) in [6.45, 7) is 5.94. The van der Waals surface area contributed by atoms with E-state index in [9.17, 15) is 14.4 Å². The minimum Gasteiger partial charge on any atom is -0.347 e. The third-order valence-corrected chi connectivity index (χ3v) is 3.62. The number of rotatable bonds is 3. The maximum atomic E-state index is 12.1. The molecule has 0 aromatic carbocycles. The molecule has 1 atom stereocenters. The van der Waals surface area contributed by atoms with E-state index in [0.29, 0.717) is 24.3 Å². The zero-order valence-corrected chi connectivity index (χ0v) is 13.8. The van der Waals surface area contributed by atoms with Crippen LogP contribution < -0.4 is 10.6 Å². The minimum atomic E-state index is -0.515. The maximum Gasteiger partial charge on any atom is 0.253 e. The molecule has 0 radical (unpaired) electrons. The van der Waals surface area contributed by atoms with E-state index in [4.69, 9.17) is 0 Å². The molecule has 0 unspecified atom stereocenters. The molecule has 1 aromatic heterocycles. The van der Waals surface area contributed by atoms with Crippen molar-refractivity contribution in [2.45, 2.75) is 33.2 Å². The Morgan fingerprint density at radius 1 is 1.30 bits per heavy atom. The van der Waals surface area contributed by atoms with E-state index in [1.54, 1.807) is 24.1 Å². The van der Waals surface area contributed by atoms with Crippen molar-refractivity contribution in [3.8, 4) is 0 Å². The van der Waals surface area contributed by atoms with Crippen molar-refractivity contribution in [2.75, 3.05) is 18.9 Å². The highest BCUT2D eigenvalue weighted by Gasteiger charge is 2.28. The molecule has 0 bridgehead atoms. The fourth-order valence-electron chi connectivity index (χ4n) is 2.13. The summed E-state index contributed by atoms with van der Waals surface area (Å²) >= 11 is 0. The van der Waals surface area contributed by atoms with Crippen molar-refractivity contribution < 1.29 is 14.4 Å². The summed E-state index contributed by atoms with van der Waals surface area (Å²) in [6.07, 6.45) is 1.73. The summed E-state index contributed by atoms with van der Waals surface area (Å²) in [6, 6.07) is 3.01. The topological polar surface area (TPSA) is 91.4 Å². The number of hydrogen-bond donors (Lipinski definition) is 2. The molecular formula is C16H22N4O3. The second-order valence-electron chi connectivity index (χ2n) is 6.79. The lowest BCUT2D eigenvalue weighted by molar-refractivity contribution is -0.126. The van der Waals surface area contributed by atoms with Gasteiger partial charge in [0.15, 0.2) is 0 Å². The summed E-state index contributed by atoms with van der Waals surface area (Å²) in [5, 5.41) is 5.51. The van der Waals surface area contributed by atoms with Crippen LogP contribution >= 0.6 is 0 Å². The van der Waals surface area contributed by atoms with Crippen LogP contribution in [-0.4, -0.2) is 47.2 Å². The van der Waals surface area contributed by atoms with Gasteiger partial charge in [-0.1, -0.05) is 20.8 Å². The van der Waals surface area contributed by atoms with E-state index in [0.717, 1.165) is 0 Å². The van der Waals surface area contributed by atoms with Crippen molar-refractivity contribution in [3.63, 3.8) is 0 Å². The number of likely N-dealkylation sites (tertiary alicyclic amines) is 1. The molecule has 2 rings (SSSR count). The van der Waals surface area contributed by atoms with Gasteiger partial charge in [-0.15, -0.1) is 0 Å². The fraction of sp³-hybridized carbons (Fsp3) is 0.500. The Balaban J connectivity index is 1.95. The summed E-state index contributed by atoms with van der Waals surface area (Å²) in [5.41, 5.74) is -0.126. The van der Waals surface area contributed by atoms with Crippen LogP contribution in [-0.2, 0) is 9.59 Å². The average Bonchev–Trinajstić information content (AvgIpc) is 2.76. The van der Waals surface area contributed by atoms with Gasteiger partial charge < -0.3 is 15.5 Å². The molecule has 3 amide bonds. The van der Waals surface area contributed by atoms with Gasteiger partial charge in [-0.25, -0.2) is 4.98 Å². The number of nitrogens with one attached hydrogen (secondary N) is 2. The normalized spacial score (nSPS) is 18.0. The van der Waals surface area contributed by atoms with Crippen LogP contribution in [0, 0.1) is 5.41 Å². The first-order valence-electron chi connectivity index (χ1n) is 7.49. The number of likely N-dealkylation sites (N-methyl/N-ethyl adjacent to an activating group) is 1. The van der Waals surface area contributed by atoms with Gasteiger partial charge in [0.25, 0.3) is 5.91 Å². The third kappa shape index (κ3) is 4.28. The van der Waals surface area contributed by atoms with Crippen molar-refractivity contribution in [1.29, 1.82) is 0 Å². The SMILES string of the molecule is CN1C[C@@H](NC(=O)c2ccc(NC(=O)C(C)(C)C)nc2)CC1=O. The van der Waals surface area contributed by atoms with Crippen LogP contribution in [0.1, 0.15) is 37.6 Å². The molecule has 1 saturated heterocycles. The molecular weight excluding hydrogens is 296 g/mol. The first kappa shape index (κ1) is 16.9. The third-order valence-electron chi connectivity index (χ3n) is 3.62. The first-order valence-corrected chi connectivity index (χ1v) is 7.49. The van der Waals surface area contributed by atoms with E-state index < -0.39 is 5.41 Å². The molecule has 1 aliphatic rings. The molecule has 2 heterocycles. The van der Waals surface area contributed by atoms with Crippen molar-refractivity contribution in [2.24, 2.45) is 5.41 Å². The number of nitrogens with zero attached hydrogens (tertiary/aromatic N) is 2. The van der Waals surface area contributed by atoms with Gasteiger partial charge in [0.2, 0.25) is 11.8 Å². The van der Waals surface area contributed by atoms with Crippen molar-refractivity contribution >= 4 is 23.5 Å². The Hall–Kier alpha value is -2.44. The molecule has 1 aromatic rings. The molecule has 1 fully saturated rings. The molecule has 0 saturated carbocycles. The molecule has 0 aliphatic carbocycles. The largest absolute Gasteiger partial charge is 0.347 e. The molecule has 23 heavy (non-hydrogen) atoms. The number of amides is 3. The van der Waals surface area contributed by atoms with E-state index in [2.05, 4.69) is 15.6 Å². The Bertz CT molecular complexity index is 619. The number of hydrogen-bond acceptors (Lipinski definition) is 4. The van der Waals surface area contributed by atoms with Gasteiger partial charge in [-0.2, -0.15) is 0 Å². The molecule has 0 spiro atoms. The Morgan fingerprint density at radius 3 is 2.48 bits per heavy atom. The van der Waals surface area contributed by atoms with Gasteiger partial charge in [0.1, 0.15) is 5.82 Å². The smallest absolute Gasteiger partial charge is 0.253 e. The van der Waals surface area contributed by atoms with Gasteiger partial charge in [0.05, 0.1) is 11.6 Å². The molecule has 124 valence electrons. The summed E-state index contributed by atoms with van der Waals surface area (Å²) in [5.74, 6) is -0.0000715. The number of aromatic nitrogens is 1. The lowest BCUT2D eigenvalue weighted by Gasteiger charge is -2.17. The Labute approximate surface area is 135 Å². The van der Waals surface area contributed by atoms with Crippen LogP contribution in [0.25, 0.3) is 0 Å². The lowest BCUT2D eigenvalue weighted by atomic mass is 9.96. The molecule has 2 N–H and O–H groups in total. The molecule has 7 heteroatoms. The van der Waals surface area contributed by atoms with Gasteiger partial charge in [-0.05, 0) is 12.1 Å². The zero-order valence-electron chi connectivity index (χ0n) is 13.8. The van der Waals surface area contributed by atoms with E-state index in [-0.39, 0.29) is 23.8 Å². The van der Waals surface area contributed by atoms with E-state index in [1.165, 1.54) is 6.20 Å². The minimum absolute atomic E-state index is 0.0219. The van der Waals surface area contributed by atoms with E-state index in [1.807, 2.05) is 20.8 Å². The predicted octanol–water partition coefficient (Wildman–Crippen LogP) is 1.03. The van der Waals surface area contributed by atoms with Gasteiger partial charge >= 0.3 is 0 Å². The molecule has 7 nitrogen and oxygen atoms in total. The van der Waals surface area contributed by atoms with Gasteiger partial charge in [0, 0.05) is 31.6 Å². The number of carbonyl (C=O) groups excluding carboxylic acids is 3. The number of anilines is 1. The number of carbonyl (C=O) groups is 3. The highest BCUT2D eigenvalue weighted by atomic mass is 16.2. The van der Waals surface area contributed by atoms with Crippen molar-refractivity contribution in [1.82, 2.24) is 15.2 Å². The highest BCUT2D eigenvalue weighted by Crippen LogP contribution is 2.16. The lowest BCUT2D eigenvalue weighted by Crippen LogP contribution is -2.36. The second kappa shape index (κ2) is 6.36. The maximum absolute atomic E-state index is 12.1. The van der Waals surface area contributed by atoms with Crippen LogP contribution in [0.4, 0.5) is 5.82 Å². The molecule has 1 aliphatic heterocycles. The van der Waals surface area contributed by atoms with Crippen LogP contribution in [0.15, 0.2) is 18.3 Å². The van der Waals surface area contributed by atoms with Crippen LogP contribution in [0.2, 0.25) is 0 Å². The quantitative estimate of drug-likeness (QED) is 0.870. The highest BCUT2D eigenvalue weighted by molar-refractivity contribution is 5.96. The predicted molar refractivity (Wildman–Crippen MR) is 85.8 cm³/mol. The second-order valence-corrected chi connectivity index (χ2v) is 6.79.